The lowest BCUT2D eigenvalue weighted by Crippen LogP contribution is -2.58. The van der Waals surface area contributed by atoms with Crippen molar-refractivity contribution in [2.75, 3.05) is 0 Å². The van der Waals surface area contributed by atoms with Gasteiger partial charge in [-0.05, 0) is 19.3 Å². The summed E-state index contributed by atoms with van der Waals surface area (Å²) in [4.78, 5) is 0. The van der Waals surface area contributed by atoms with E-state index in [9.17, 15) is 39.5 Å². The van der Waals surface area contributed by atoms with Gasteiger partial charge < -0.3 is 5.11 Å². The van der Waals surface area contributed by atoms with Crippen LogP contribution < -0.4 is 0 Å². The highest BCUT2D eigenvalue weighted by atomic mass is 19.4. The quantitative estimate of drug-likeness (QED) is 0.603. The molecule has 0 amide bonds. The molecule has 1 saturated carbocycles. The molecule has 0 aromatic carbocycles. The average Bonchev–Trinajstić information content (AvgIpc) is 2.87. The van der Waals surface area contributed by atoms with Gasteiger partial charge in [-0.25, -0.2) is 13.2 Å². The van der Waals surface area contributed by atoms with E-state index in [-0.39, 0.29) is 6.42 Å². The highest BCUT2D eigenvalue weighted by Crippen LogP contribution is 2.61. The monoisotopic (exact) mass is 342 g/mol. The zero-order valence-electron chi connectivity index (χ0n) is 10.8. The summed E-state index contributed by atoms with van der Waals surface area (Å²) < 4.78 is 117. The van der Waals surface area contributed by atoms with Crippen molar-refractivity contribution in [3.8, 4) is 0 Å². The Morgan fingerprint density at radius 2 is 1.36 bits per heavy atom. The van der Waals surface area contributed by atoms with Gasteiger partial charge in [-0.15, -0.1) is 0 Å². The summed E-state index contributed by atoms with van der Waals surface area (Å²) in [6.45, 7) is 0. The number of hydrogen-bond donors (Lipinski definition) is 1. The fourth-order valence-corrected chi connectivity index (χ4v) is 3.02. The fourth-order valence-electron chi connectivity index (χ4n) is 3.02. The maximum Gasteiger partial charge on any atom is 0.426 e. The Kier molecular flexibility index (Phi) is 3.60. The van der Waals surface area contributed by atoms with Crippen molar-refractivity contribution in [3.63, 3.8) is 0 Å². The van der Waals surface area contributed by atoms with Crippen LogP contribution in [0.5, 0.6) is 0 Å². The van der Waals surface area contributed by atoms with Crippen molar-refractivity contribution in [3.05, 3.63) is 12.2 Å². The Hall–Kier alpha value is -0.930. The van der Waals surface area contributed by atoms with Crippen molar-refractivity contribution >= 4 is 0 Å². The van der Waals surface area contributed by atoms with Crippen molar-refractivity contribution in [1.29, 1.82) is 0 Å². The minimum atomic E-state index is -6.15. The molecule has 2 aliphatic rings. The number of fused-ring (bicyclic) bond motifs is 2. The summed E-state index contributed by atoms with van der Waals surface area (Å²) in [5.74, 6) is -7.07. The first-order chi connectivity index (χ1) is 9.67. The predicted molar refractivity (Wildman–Crippen MR) is 55.8 cm³/mol. The lowest BCUT2D eigenvalue weighted by molar-refractivity contribution is -0.372. The molecule has 0 spiro atoms. The maximum atomic E-state index is 14.4. The zero-order chi connectivity index (χ0) is 17.2. The normalized spacial score (nSPS) is 34.5. The zero-order valence-corrected chi connectivity index (χ0v) is 10.8. The van der Waals surface area contributed by atoms with Gasteiger partial charge >= 0.3 is 12.4 Å². The van der Waals surface area contributed by atoms with Crippen LogP contribution in [-0.4, -0.2) is 34.7 Å². The molecule has 0 heterocycles. The minimum Gasteiger partial charge on any atom is -0.374 e. The van der Waals surface area contributed by atoms with Crippen LogP contribution in [0.25, 0.3) is 0 Å². The first-order valence-corrected chi connectivity index (χ1v) is 6.28. The number of rotatable bonds is 3. The van der Waals surface area contributed by atoms with Gasteiger partial charge in [0.15, 0.2) is 5.67 Å². The van der Waals surface area contributed by atoms with Crippen LogP contribution in [0.1, 0.15) is 19.3 Å². The van der Waals surface area contributed by atoms with Crippen molar-refractivity contribution < 1.29 is 44.6 Å². The van der Waals surface area contributed by atoms with Gasteiger partial charge in [0.05, 0.1) is 0 Å². The van der Waals surface area contributed by atoms with Gasteiger partial charge in [-0.2, -0.15) is 26.3 Å². The Balaban J connectivity index is 2.26. The second-order valence-electron chi connectivity index (χ2n) is 5.67. The van der Waals surface area contributed by atoms with E-state index in [1.165, 1.54) is 0 Å². The smallest absolute Gasteiger partial charge is 0.374 e. The Bertz CT molecular complexity index is 464. The fraction of sp³-hybridized carbons (Fsp3) is 0.833. The topological polar surface area (TPSA) is 20.2 Å². The van der Waals surface area contributed by atoms with Crippen LogP contribution in [0, 0.1) is 11.8 Å². The van der Waals surface area contributed by atoms with Gasteiger partial charge in [0, 0.05) is 11.8 Å². The molecule has 0 saturated heterocycles. The molecule has 2 bridgehead atoms. The van der Waals surface area contributed by atoms with Crippen LogP contribution in [0.15, 0.2) is 12.2 Å². The van der Waals surface area contributed by atoms with E-state index >= 15 is 0 Å². The highest BCUT2D eigenvalue weighted by Gasteiger charge is 2.74. The van der Waals surface area contributed by atoms with E-state index in [0.29, 0.717) is 0 Å². The molecule has 0 aromatic heterocycles. The standard InChI is InChI=1S/C12H11F9O/c13-8(6-1-2-7(5-6)10(8,14)15)3-4-9(22,11(16,17)18)12(19,20)21/h1-2,6-7,22H,3-5H2. The van der Waals surface area contributed by atoms with Gasteiger partial charge in [-0.3, -0.25) is 0 Å². The van der Waals surface area contributed by atoms with E-state index in [1.807, 2.05) is 0 Å². The minimum absolute atomic E-state index is 0.375. The number of alkyl halides is 9. The second-order valence-corrected chi connectivity index (χ2v) is 5.67. The van der Waals surface area contributed by atoms with Gasteiger partial charge in [0.25, 0.3) is 11.5 Å². The van der Waals surface area contributed by atoms with Crippen molar-refractivity contribution in [1.82, 2.24) is 0 Å². The Morgan fingerprint density at radius 3 is 1.73 bits per heavy atom. The second kappa shape index (κ2) is 4.55. The van der Waals surface area contributed by atoms with Gasteiger partial charge in [-0.1, -0.05) is 12.2 Å². The lowest BCUT2D eigenvalue weighted by Gasteiger charge is -2.38. The molecule has 0 radical (unpaired) electrons. The average molecular weight is 342 g/mol. The van der Waals surface area contributed by atoms with E-state index in [1.54, 1.807) is 0 Å². The van der Waals surface area contributed by atoms with Crippen LogP contribution in [-0.2, 0) is 0 Å². The molecule has 1 fully saturated rings. The molecule has 2 rings (SSSR count). The molecular formula is C12H11F9O. The van der Waals surface area contributed by atoms with Crippen LogP contribution >= 0.6 is 0 Å². The third-order valence-electron chi connectivity index (χ3n) is 4.48. The molecular weight excluding hydrogens is 331 g/mol. The van der Waals surface area contributed by atoms with Gasteiger partial charge in [0.1, 0.15) is 0 Å². The van der Waals surface area contributed by atoms with Crippen LogP contribution in [0.3, 0.4) is 0 Å². The highest BCUT2D eigenvalue weighted by molar-refractivity contribution is 5.25. The molecule has 0 aliphatic heterocycles. The number of halogens is 9. The molecule has 22 heavy (non-hydrogen) atoms. The first kappa shape index (κ1) is 17.4. The first-order valence-electron chi connectivity index (χ1n) is 6.28. The SMILES string of the molecule is OC(CCC1(F)C2C=CC(C2)C1(F)F)(C(F)(F)F)C(F)(F)F. The number of aliphatic hydroxyl groups is 1. The maximum absolute atomic E-state index is 14.4. The van der Waals surface area contributed by atoms with E-state index in [2.05, 4.69) is 0 Å². The van der Waals surface area contributed by atoms with Crippen LogP contribution in [0.2, 0.25) is 0 Å². The van der Waals surface area contributed by atoms with Crippen molar-refractivity contribution in [2.24, 2.45) is 11.8 Å². The molecule has 2 aliphatic carbocycles. The molecule has 0 aromatic rings. The lowest BCUT2D eigenvalue weighted by atomic mass is 9.79. The third kappa shape index (κ3) is 2.13. The van der Waals surface area contributed by atoms with Crippen molar-refractivity contribution in [2.45, 2.75) is 48.8 Å². The molecule has 1 N–H and O–H groups in total. The summed E-state index contributed by atoms with van der Waals surface area (Å²) in [7, 11) is 0. The van der Waals surface area contributed by atoms with Crippen LogP contribution in [0.4, 0.5) is 39.5 Å². The number of hydrogen-bond acceptors (Lipinski definition) is 1. The molecule has 128 valence electrons. The summed E-state index contributed by atoms with van der Waals surface area (Å²) in [5, 5.41) is 8.92. The molecule has 3 atom stereocenters. The van der Waals surface area contributed by atoms with E-state index in [4.69, 9.17) is 5.11 Å². The largest absolute Gasteiger partial charge is 0.426 e. The molecule has 10 heteroatoms. The summed E-state index contributed by atoms with van der Waals surface area (Å²) in [6, 6.07) is 0. The summed E-state index contributed by atoms with van der Waals surface area (Å²) in [5.41, 5.74) is -8.75. The Labute approximate surface area is 118 Å². The molecule has 1 nitrogen and oxygen atoms in total. The van der Waals surface area contributed by atoms with Gasteiger partial charge in [0.2, 0.25) is 0 Å². The third-order valence-corrected chi connectivity index (χ3v) is 4.48. The predicted octanol–water partition coefficient (Wildman–Crippen LogP) is 4.17. The van der Waals surface area contributed by atoms with E-state index < -0.39 is 54.2 Å². The number of allylic oxidation sites excluding steroid dienone is 2. The summed E-state index contributed by atoms with van der Waals surface area (Å²) >= 11 is 0. The summed E-state index contributed by atoms with van der Waals surface area (Å²) in [6.07, 6.45) is -14.6. The molecule has 3 unspecified atom stereocenters. The Morgan fingerprint density at radius 1 is 0.909 bits per heavy atom. The van der Waals surface area contributed by atoms with E-state index in [0.717, 1.165) is 12.2 Å².